The van der Waals surface area contributed by atoms with E-state index in [1.165, 1.54) is 12.8 Å². The van der Waals surface area contributed by atoms with Crippen LogP contribution in [0.1, 0.15) is 31.4 Å². The van der Waals surface area contributed by atoms with Crippen molar-refractivity contribution in [3.05, 3.63) is 42.2 Å². The monoisotopic (exact) mass is 470 g/mol. The molecule has 0 aliphatic heterocycles. The van der Waals surface area contributed by atoms with Gasteiger partial charge in [0.05, 0.1) is 24.9 Å². The SMILES string of the molecule is COc1nc(CN[SH](=O)=O)ccc1-c1ccc2nc(NC3CCC(N(C)C)CC3)ncc2c1. The van der Waals surface area contributed by atoms with Crippen molar-refractivity contribution in [1.29, 1.82) is 0 Å². The summed E-state index contributed by atoms with van der Waals surface area (Å²) in [5.74, 6) is 1.10. The van der Waals surface area contributed by atoms with E-state index in [1.54, 1.807) is 13.2 Å². The molecule has 3 aromatic rings. The lowest BCUT2D eigenvalue weighted by Crippen LogP contribution is -2.36. The number of hydrogen-bond acceptors (Lipinski definition) is 8. The van der Waals surface area contributed by atoms with Gasteiger partial charge in [-0.3, -0.25) is 0 Å². The maximum Gasteiger partial charge on any atom is 0.223 e. The third-order valence-corrected chi connectivity index (χ3v) is 6.57. The zero-order valence-electron chi connectivity index (χ0n) is 19.1. The predicted molar refractivity (Wildman–Crippen MR) is 130 cm³/mol. The Hall–Kier alpha value is -2.82. The van der Waals surface area contributed by atoms with E-state index in [-0.39, 0.29) is 6.54 Å². The van der Waals surface area contributed by atoms with Crippen LogP contribution >= 0.6 is 0 Å². The van der Waals surface area contributed by atoms with Gasteiger partial charge in [0.15, 0.2) is 0 Å². The van der Waals surface area contributed by atoms with E-state index >= 15 is 0 Å². The molecule has 0 spiro atoms. The maximum absolute atomic E-state index is 10.8. The van der Waals surface area contributed by atoms with Crippen molar-refractivity contribution in [2.75, 3.05) is 26.5 Å². The van der Waals surface area contributed by atoms with Crippen molar-refractivity contribution in [2.24, 2.45) is 0 Å². The summed E-state index contributed by atoms with van der Waals surface area (Å²) in [7, 11) is 3.17. The van der Waals surface area contributed by atoms with E-state index in [1.807, 2.05) is 30.5 Å². The fourth-order valence-corrected chi connectivity index (χ4v) is 4.58. The normalized spacial score (nSPS) is 18.7. The molecule has 1 aromatic carbocycles. The van der Waals surface area contributed by atoms with Crippen LogP contribution in [-0.2, 0) is 17.4 Å². The number of pyridine rings is 1. The maximum atomic E-state index is 10.8. The molecule has 1 saturated carbocycles. The van der Waals surface area contributed by atoms with E-state index in [0.717, 1.165) is 34.9 Å². The molecule has 4 rings (SSSR count). The number of fused-ring (bicyclic) bond motifs is 1. The first-order valence-electron chi connectivity index (χ1n) is 11.0. The summed E-state index contributed by atoms with van der Waals surface area (Å²) in [6, 6.07) is 10.7. The highest BCUT2D eigenvalue weighted by atomic mass is 32.2. The van der Waals surface area contributed by atoms with Gasteiger partial charge in [-0.15, -0.1) is 0 Å². The average molecular weight is 471 g/mol. The topological polar surface area (TPSA) is 109 Å². The summed E-state index contributed by atoms with van der Waals surface area (Å²) in [5, 5.41) is 4.43. The van der Waals surface area contributed by atoms with Gasteiger partial charge in [-0.1, -0.05) is 6.07 Å². The molecule has 9 nitrogen and oxygen atoms in total. The minimum atomic E-state index is -2.67. The molecule has 0 saturated heterocycles. The molecule has 2 heterocycles. The standard InChI is InChI=1S/C23H30N6O3S/c1-29(2)19-8-5-17(6-9-19)27-23-24-13-16-12-15(4-11-21(16)28-23)20-10-7-18(14-25-33(30)31)26-22(20)32-3/h4,7,10-13,17,19,33H,5-6,8-9,14H2,1-3H3,(H,24,27,28)(H,25,30,31). The van der Waals surface area contributed by atoms with Crippen molar-refractivity contribution in [3.63, 3.8) is 0 Å². The van der Waals surface area contributed by atoms with Gasteiger partial charge in [0.25, 0.3) is 0 Å². The van der Waals surface area contributed by atoms with Crippen molar-refractivity contribution in [1.82, 2.24) is 24.6 Å². The van der Waals surface area contributed by atoms with Crippen LogP contribution in [0.2, 0.25) is 0 Å². The lowest BCUT2D eigenvalue weighted by molar-refractivity contribution is 0.221. The molecule has 0 unspecified atom stereocenters. The van der Waals surface area contributed by atoms with E-state index in [2.05, 4.69) is 39.0 Å². The van der Waals surface area contributed by atoms with Gasteiger partial charge < -0.3 is 15.0 Å². The molecule has 0 radical (unpaired) electrons. The quantitative estimate of drug-likeness (QED) is 0.431. The summed E-state index contributed by atoms with van der Waals surface area (Å²) < 4.78 is 29.3. The van der Waals surface area contributed by atoms with Crippen molar-refractivity contribution in [3.8, 4) is 17.0 Å². The van der Waals surface area contributed by atoms with Crippen LogP contribution in [0.15, 0.2) is 36.5 Å². The number of benzene rings is 1. The molecule has 2 aromatic heterocycles. The molecule has 1 aliphatic rings. The molecule has 2 N–H and O–H groups in total. The molecule has 1 fully saturated rings. The van der Waals surface area contributed by atoms with Gasteiger partial charge in [0, 0.05) is 29.2 Å². The Kier molecular flexibility index (Phi) is 7.36. The molecular formula is C23H30N6O3S. The average Bonchev–Trinajstić information content (AvgIpc) is 2.82. The van der Waals surface area contributed by atoms with Gasteiger partial charge in [-0.25, -0.2) is 28.1 Å². The van der Waals surface area contributed by atoms with Gasteiger partial charge in [0.1, 0.15) is 0 Å². The molecule has 0 amide bonds. The number of nitrogens with one attached hydrogen (secondary N) is 2. The van der Waals surface area contributed by atoms with Crippen LogP contribution in [-0.4, -0.2) is 61.6 Å². The van der Waals surface area contributed by atoms with E-state index in [9.17, 15) is 8.42 Å². The first-order chi connectivity index (χ1) is 15.9. The molecular weight excluding hydrogens is 440 g/mol. The van der Waals surface area contributed by atoms with Gasteiger partial charge in [-0.05, 0) is 69.6 Å². The van der Waals surface area contributed by atoms with Gasteiger partial charge >= 0.3 is 0 Å². The minimum absolute atomic E-state index is 0.119. The van der Waals surface area contributed by atoms with Gasteiger partial charge in [0.2, 0.25) is 22.7 Å². The predicted octanol–water partition coefficient (Wildman–Crippen LogP) is 2.60. The number of aromatic nitrogens is 3. The third-order valence-electron chi connectivity index (χ3n) is 6.15. The Balaban J connectivity index is 1.50. The van der Waals surface area contributed by atoms with Crippen LogP contribution < -0.4 is 14.8 Å². The molecule has 10 heteroatoms. The smallest absolute Gasteiger partial charge is 0.223 e. The van der Waals surface area contributed by atoms with Crippen LogP contribution in [0.25, 0.3) is 22.0 Å². The molecule has 0 bridgehead atoms. The third kappa shape index (κ3) is 5.76. The second kappa shape index (κ2) is 10.4. The first-order valence-corrected chi connectivity index (χ1v) is 12.2. The summed E-state index contributed by atoms with van der Waals surface area (Å²) in [6.45, 7) is 0.119. The Morgan fingerprint density at radius 2 is 1.88 bits per heavy atom. The molecule has 176 valence electrons. The Bertz CT molecular complexity index is 1180. The fraction of sp³-hybridized carbons (Fsp3) is 0.435. The number of thiol groups is 1. The number of ether oxygens (including phenoxy) is 1. The first kappa shape index (κ1) is 23.3. The summed E-state index contributed by atoms with van der Waals surface area (Å²) >= 11 is 0. The highest BCUT2D eigenvalue weighted by Crippen LogP contribution is 2.31. The summed E-state index contributed by atoms with van der Waals surface area (Å²) in [5.41, 5.74) is 3.18. The number of methoxy groups -OCH3 is 1. The minimum Gasteiger partial charge on any atom is -0.481 e. The zero-order chi connectivity index (χ0) is 23.4. The van der Waals surface area contributed by atoms with E-state index in [4.69, 9.17) is 9.72 Å². The van der Waals surface area contributed by atoms with Crippen LogP contribution in [0.5, 0.6) is 5.88 Å². The largest absolute Gasteiger partial charge is 0.481 e. The Morgan fingerprint density at radius 1 is 1.09 bits per heavy atom. The lowest BCUT2D eigenvalue weighted by atomic mass is 9.91. The molecule has 1 aliphatic carbocycles. The van der Waals surface area contributed by atoms with Crippen LogP contribution in [0, 0.1) is 0 Å². The Morgan fingerprint density at radius 3 is 2.58 bits per heavy atom. The van der Waals surface area contributed by atoms with Crippen LogP contribution in [0.4, 0.5) is 5.95 Å². The number of anilines is 1. The van der Waals surface area contributed by atoms with Gasteiger partial charge in [-0.2, -0.15) is 0 Å². The number of hydrogen-bond donors (Lipinski definition) is 3. The Labute approximate surface area is 195 Å². The zero-order valence-corrected chi connectivity index (χ0v) is 20.0. The van der Waals surface area contributed by atoms with Crippen molar-refractivity contribution >= 4 is 27.7 Å². The highest BCUT2D eigenvalue weighted by molar-refractivity contribution is 7.70. The molecule has 33 heavy (non-hydrogen) atoms. The summed E-state index contributed by atoms with van der Waals surface area (Å²) in [4.78, 5) is 16.0. The number of rotatable bonds is 8. The van der Waals surface area contributed by atoms with Crippen LogP contribution in [0.3, 0.4) is 0 Å². The van der Waals surface area contributed by atoms with E-state index < -0.39 is 10.9 Å². The fourth-order valence-electron chi connectivity index (χ4n) is 4.29. The van der Waals surface area contributed by atoms with Crippen molar-refractivity contribution < 1.29 is 13.2 Å². The highest BCUT2D eigenvalue weighted by Gasteiger charge is 2.22. The van der Waals surface area contributed by atoms with Crippen molar-refractivity contribution in [2.45, 2.75) is 44.3 Å². The molecule has 0 atom stereocenters. The second-order valence-corrected chi connectivity index (χ2v) is 9.36. The lowest BCUT2D eigenvalue weighted by Gasteiger charge is -2.32. The number of nitrogens with zero attached hydrogens (tertiary/aromatic N) is 4. The second-order valence-electron chi connectivity index (χ2n) is 8.53. The summed E-state index contributed by atoms with van der Waals surface area (Å²) in [6.07, 6.45) is 6.44. The van der Waals surface area contributed by atoms with E-state index in [0.29, 0.717) is 29.6 Å².